The molecule has 6 aromatic rings. The average molecular weight is 560 g/mol. The Morgan fingerprint density at radius 1 is 0.780 bits per heavy atom. The van der Waals surface area contributed by atoms with Crippen molar-refractivity contribution in [3.63, 3.8) is 0 Å². The van der Waals surface area contributed by atoms with Crippen molar-refractivity contribution in [3.05, 3.63) is 96.2 Å². The molecule has 0 radical (unpaired) electrons. The van der Waals surface area contributed by atoms with Gasteiger partial charge >= 0.3 is 0 Å². The second-order valence-corrected chi connectivity index (χ2v) is 13.5. The van der Waals surface area contributed by atoms with E-state index in [0.29, 0.717) is 22.7 Å². The summed E-state index contributed by atoms with van der Waals surface area (Å²) in [6, 6.07) is 26.2. The molecule has 0 fully saturated rings. The Labute approximate surface area is 244 Å². The average Bonchev–Trinajstić information content (AvgIpc) is 3.31. The lowest BCUT2D eigenvalue weighted by atomic mass is 9.79. The van der Waals surface area contributed by atoms with Gasteiger partial charge in [-0.2, -0.15) is 0 Å². The number of fused-ring (bicyclic) bond motifs is 3. The molecule has 6 heteroatoms. The highest BCUT2D eigenvalue weighted by molar-refractivity contribution is 7.99. The van der Waals surface area contributed by atoms with Gasteiger partial charge in [0.2, 0.25) is 0 Å². The minimum absolute atomic E-state index is 0.130. The van der Waals surface area contributed by atoms with Gasteiger partial charge < -0.3 is 9.52 Å². The maximum atomic E-state index is 11.7. The van der Waals surface area contributed by atoms with Crippen LogP contribution in [0.3, 0.4) is 0 Å². The minimum Gasteiger partial charge on any atom is -0.507 e. The molecule has 6 rings (SSSR count). The van der Waals surface area contributed by atoms with E-state index in [1.807, 2.05) is 60.7 Å². The molecule has 3 aromatic carbocycles. The maximum absolute atomic E-state index is 11.7. The number of rotatable bonds is 4. The number of benzene rings is 3. The molecule has 206 valence electrons. The van der Waals surface area contributed by atoms with Crippen molar-refractivity contribution in [1.29, 1.82) is 0 Å². The second-order valence-electron chi connectivity index (χ2n) is 12.4. The number of para-hydroxylation sites is 1. The Bertz CT molecular complexity index is 1900. The van der Waals surface area contributed by atoms with Crippen molar-refractivity contribution in [2.24, 2.45) is 0 Å². The zero-order valence-corrected chi connectivity index (χ0v) is 25.0. The van der Waals surface area contributed by atoms with Gasteiger partial charge in [-0.15, -0.1) is 0 Å². The fourth-order valence-corrected chi connectivity index (χ4v) is 5.79. The van der Waals surface area contributed by atoms with Gasteiger partial charge in [-0.1, -0.05) is 89.7 Å². The number of aromatic nitrogens is 3. The van der Waals surface area contributed by atoms with Gasteiger partial charge in [-0.05, 0) is 58.9 Å². The van der Waals surface area contributed by atoms with E-state index in [-0.39, 0.29) is 16.6 Å². The number of nitrogens with zero attached hydrogens (tertiary/aromatic N) is 3. The molecule has 0 aliphatic heterocycles. The number of hydrogen-bond donors (Lipinski definition) is 1. The molecule has 3 aromatic heterocycles. The first kappa shape index (κ1) is 27.0. The lowest BCUT2D eigenvalue weighted by Crippen LogP contribution is -2.17. The molecule has 0 aliphatic carbocycles. The van der Waals surface area contributed by atoms with Crippen LogP contribution < -0.4 is 0 Å². The van der Waals surface area contributed by atoms with Crippen molar-refractivity contribution in [2.45, 2.75) is 62.3 Å². The standard InChI is InChI=1S/C35H33N3O2S/c1-34(2,3)22-19-25(31(39)26(20-22)35(4,5)6)33-37-29(32-30(38-33)24-14-7-8-15-27(24)40-32)21-12-11-13-23(18-21)41-28-16-9-10-17-36-28/h7-20,39H,1-6H3. The SMILES string of the molecule is CC(C)(C)c1cc(-c2nc(-c3cccc(Sc4ccccn4)c3)c3oc4ccccc4c3n2)c(O)c(C(C)(C)C)c1. The lowest BCUT2D eigenvalue weighted by Gasteiger charge is -2.27. The minimum atomic E-state index is -0.271. The smallest absolute Gasteiger partial charge is 0.180 e. The second kappa shape index (κ2) is 10.0. The molecule has 0 aliphatic rings. The zero-order chi connectivity index (χ0) is 28.9. The van der Waals surface area contributed by atoms with Crippen LogP contribution in [0.5, 0.6) is 5.75 Å². The molecule has 0 amide bonds. The maximum Gasteiger partial charge on any atom is 0.180 e. The predicted octanol–water partition coefficient (Wildman–Crippen LogP) is 9.56. The summed E-state index contributed by atoms with van der Waals surface area (Å²) in [6.07, 6.45) is 1.80. The summed E-state index contributed by atoms with van der Waals surface area (Å²) >= 11 is 1.59. The third-order valence-corrected chi connectivity index (χ3v) is 8.15. The molecular weight excluding hydrogens is 526 g/mol. The van der Waals surface area contributed by atoms with Crippen LogP contribution in [-0.2, 0) is 10.8 Å². The fraction of sp³-hybridized carbons (Fsp3) is 0.229. The van der Waals surface area contributed by atoms with Crippen LogP contribution in [0.15, 0.2) is 99.4 Å². The topological polar surface area (TPSA) is 72.0 Å². The van der Waals surface area contributed by atoms with E-state index in [4.69, 9.17) is 14.4 Å². The number of phenolic OH excluding ortho intramolecular Hbond substituents is 1. The first-order valence-electron chi connectivity index (χ1n) is 13.8. The van der Waals surface area contributed by atoms with Gasteiger partial charge in [0.25, 0.3) is 0 Å². The molecule has 0 saturated carbocycles. The molecule has 41 heavy (non-hydrogen) atoms. The summed E-state index contributed by atoms with van der Waals surface area (Å²) < 4.78 is 6.37. The molecule has 3 heterocycles. The number of hydrogen-bond acceptors (Lipinski definition) is 6. The number of furan rings is 1. The highest BCUT2D eigenvalue weighted by atomic mass is 32.2. The van der Waals surface area contributed by atoms with Crippen LogP contribution in [0.1, 0.15) is 52.7 Å². The monoisotopic (exact) mass is 559 g/mol. The summed E-state index contributed by atoms with van der Waals surface area (Å²) in [4.78, 5) is 15.6. The van der Waals surface area contributed by atoms with Crippen LogP contribution in [0.2, 0.25) is 0 Å². The van der Waals surface area contributed by atoms with Gasteiger partial charge in [-0.25, -0.2) is 15.0 Å². The predicted molar refractivity (Wildman–Crippen MR) is 168 cm³/mol. The van der Waals surface area contributed by atoms with Crippen LogP contribution >= 0.6 is 11.8 Å². The quantitative estimate of drug-likeness (QED) is 0.232. The molecular formula is C35H33N3O2S. The molecule has 0 bridgehead atoms. The molecule has 0 unspecified atom stereocenters. The largest absolute Gasteiger partial charge is 0.507 e. The fourth-order valence-electron chi connectivity index (χ4n) is 4.95. The van der Waals surface area contributed by atoms with E-state index >= 15 is 0 Å². The summed E-state index contributed by atoms with van der Waals surface area (Å²) in [5.41, 5.74) is 5.89. The van der Waals surface area contributed by atoms with Gasteiger partial charge in [0.05, 0.1) is 5.56 Å². The van der Waals surface area contributed by atoms with Crippen molar-refractivity contribution >= 4 is 33.8 Å². The first-order chi connectivity index (χ1) is 19.5. The Kier molecular flexibility index (Phi) is 6.62. The molecule has 0 saturated heterocycles. The van der Waals surface area contributed by atoms with E-state index in [9.17, 15) is 5.11 Å². The molecule has 5 nitrogen and oxygen atoms in total. The van der Waals surface area contributed by atoms with E-state index < -0.39 is 0 Å². The Hall–Kier alpha value is -4.16. The first-order valence-corrected chi connectivity index (χ1v) is 14.6. The van der Waals surface area contributed by atoms with Crippen molar-refractivity contribution < 1.29 is 9.52 Å². The van der Waals surface area contributed by atoms with Gasteiger partial charge in [0.15, 0.2) is 11.4 Å². The van der Waals surface area contributed by atoms with Crippen molar-refractivity contribution in [2.75, 3.05) is 0 Å². The van der Waals surface area contributed by atoms with Gasteiger partial charge in [-0.3, -0.25) is 0 Å². The highest BCUT2D eigenvalue weighted by Gasteiger charge is 2.27. The Balaban J connectivity index is 1.62. The molecule has 0 atom stereocenters. The summed E-state index contributed by atoms with van der Waals surface area (Å²) in [5, 5.41) is 13.5. The lowest BCUT2D eigenvalue weighted by molar-refractivity contribution is 0.446. The Morgan fingerprint density at radius 2 is 1.56 bits per heavy atom. The van der Waals surface area contributed by atoms with Crippen molar-refractivity contribution in [3.8, 4) is 28.4 Å². The van der Waals surface area contributed by atoms with Crippen LogP contribution in [0.4, 0.5) is 0 Å². The van der Waals surface area contributed by atoms with E-state index in [1.165, 1.54) is 0 Å². The van der Waals surface area contributed by atoms with Gasteiger partial charge in [0, 0.05) is 27.6 Å². The summed E-state index contributed by atoms with van der Waals surface area (Å²) in [7, 11) is 0. The zero-order valence-electron chi connectivity index (χ0n) is 24.2. The third-order valence-electron chi connectivity index (χ3n) is 7.21. The third kappa shape index (κ3) is 5.20. The number of pyridine rings is 1. The highest BCUT2D eigenvalue weighted by Crippen LogP contribution is 2.43. The summed E-state index contributed by atoms with van der Waals surface area (Å²) in [5.74, 6) is 0.680. The van der Waals surface area contributed by atoms with E-state index in [0.717, 1.165) is 43.1 Å². The van der Waals surface area contributed by atoms with Crippen LogP contribution in [0, 0.1) is 0 Å². The number of phenols is 1. The molecule has 1 N–H and O–H groups in total. The van der Waals surface area contributed by atoms with Crippen molar-refractivity contribution in [1.82, 2.24) is 15.0 Å². The van der Waals surface area contributed by atoms with Crippen LogP contribution in [0.25, 0.3) is 44.7 Å². The normalized spacial score (nSPS) is 12.3. The van der Waals surface area contributed by atoms with E-state index in [2.05, 4.69) is 64.7 Å². The summed E-state index contributed by atoms with van der Waals surface area (Å²) in [6.45, 7) is 12.9. The number of aromatic hydroxyl groups is 1. The molecule has 0 spiro atoms. The van der Waals surface area contributed by atoms with Crippen LogP contribution in [-0.4, -0.2) is 20.1 Å². The van der Waals surface area contributed by atoms with Gasteiger partial charge in [0.1, 0.15) is 27.6 Å². The van der Waals surface area contributed by atoms with E-state index in [1.54, 1.807) is 18.0 Å². The Morgan fingerprint density at radius 3 is 2.29 bits per heavy atom.